The van der Waals surface area contributed by atoms with Crippen LogP contribution in [0.5, 0.6) is 0 Å². The van der Waals surface area contributed by atoms with Crippen molar-refractivity contribution in [3.05, 3.63) is 24.0 Å². The molecule has 0 unspecified atom stereocenters. The molecule has 0 amide bonds. The van der Waals surface area contributed by atoms with Crippen LogP contribution in [0.3, 0.4) is 0 Å². The van der Waals surface area contributed by atoms with E-state index in [1.165, 1.54) is 18.9 Å². The Kier molecular flexibility index (Phi) is 4.62. The van der Waals surface area contributed by atoms with E-state index < -0.39 is 20.7 Å². The fraction of sp³-hybridized carbons (Fsp3) is 0.538. The molecule has 112 valence electrons. The predicted octanol–water partition coefficient (Wildman–Crippen LogP) is 1.17. The normalized spacial score (nSPS) is 15.8. The van der Waals surface area contributed by atoms with Gasteiger partial charge in [0.1, 0.15) is 10.7 Å². The minimum absolute atomic E-state index is 0.222. The van der Waals surface area contributed by atoms with Gasteiger partial charge in [-0.1, -0.05) is 6.92 Å². The number of halogens is 1. The molecule has 3 N–H and O–H groups in total. The lowest BCUT2D eigenvalue weighted by Crippen LogP contribution is -2.36. The molecule has 0 atom stereocenters. The van der Waals surface area contributed by atoms with Crippen LogP contribution in [0.25, 0.3) is 0 Å². The molecule has 1 saturated carbocycles. The van der Waals surface area contributed by atoms with E-state index in [2.05, 4.69) is 9.62 Å². The van der Waals surface area contributed by atoms with Gasteiger partial charge in [-0.2, -0.15) is 0 Å². The molecule has 5 nitrogen and oxygen atoms in total. The molecule has 0 radical (unpaired) electrons. The van der Waals surface area contributed by atoms with Crippen LogP contribution in [-0.2, 0) is 10.0 Å². The van der Waals surface area contributed by atoms with Crippen LogP contribution in [0.4, 0.5) is 10.1 Å². The Morgan fingerprint density at radius 1 is 1.45 bits per heavy atom. The lowest BCUT2D eigenvalue weighted by atomic mass is 10.3. The standard InChI is InChI=1S/C13H20FN3O2S/c1-2-17(11-4-5-11)8-7-16-20(18,19)13-9-10(15)3-6-12(13)14/h3,6,9,11,16H,2,4-5,7-8,15H2,1H3. The maximum atomic E-state index is 13.6. The largest absolute Gasteiger partial charge is 0.399 e. The second-order valence-electron chi connectivity index (χ2n) is 4.95. The zero-order chi connectivity index (χ0) is 14.8. The van der Waals surface area contributed by atoms with Crippen molar-refractivity contribution in [3.8, 4) is 0 Å². The molecule has 1 aromatic rings. The van der Waals surface area contributed by atoms with Crippen LogP contribution in [0.1, 0.15) is 19.8 Å². The lowest BCUT2D eigenvalue weighted by molar-refractivity contribution is 0.282. The van der Waals surface area contributed by atoms with Crippen molar-refractivity contribution in [1.29, 1.82) is 0 Å². The topological polar surface area (TPSA) is 75.4 Å². The van der Waals surface area contributed by atoms with Gasteiger partial charge in [0.05, 0.1) is 0 Å². The summed E-state index contributed by atoms with van der Waals surface area (Å²) in [6.07, 6.45) is 2.34. The first kappa shape index (κ1) is 15.2. The monoisotopic (exact) mass is 301 g/mol. The first-order valence-electron chi connectivity index (χ1n) is 6.73. The number of benzene rings is 1. The summed E-state index contributed by atoms with van der Waals surface area (Å²) in [5, 5.41) is 0. The molecule has 1 fully saturated rings. The first-order chi connectivity index (χ1) is 9.44. The van der Waals surface area contributed by atoms with Crippen LogP contribution < -0.4 is 10.5 Å². The van der Waals surface area contributed by atoms with Gasteiger partial charge in [0.25, 0.3) is 0 Å². The van der Waals surface area contributed by atoms with Crippen molar-refractivity contribution in [2.45, 2.75) is 30.7 Å². The molecule has 0 aromatic heterocycles. The van der Waals surface area contributed by atoms with E-state index in [0.29, 0.717) is 12.6 Å². The Morgan fingerprint density at radius 2 is 2.15 bits per heavy atom. The molecule has 1 aliphatic carbocycles. The number of nitrogens with zero attached hydrogens (tertiary/aromatic N) is 1. The first-order valence-corrected chi connectivity index (χ1v) is 8.21. The summed E-state index contributed by atoms with van der Waals surface area (Å²) in [6.45, 7) is 3.83. The highest BCUT2D eigenvalue weighted by Crippen LogP contribution is 2.26. The van der Waals surface area contributed by atoms with Crippen LogP contribution >= 0.6 is 0 Å². The summed E-state index contributed by atoms with van der Waals surface area (Å²) in [5.41, 5.74) is 5.73. The van der Waals surface area contributed by atoms with Crippen LogP contribution in [0.15, 0.2) is 23.1 Å². The molecule has 0 saturated heterocycles. The Hall–Kier alpha value is -1.18. The van der Waals surface area contributed by atoms with E-state index in [4.69, 9.17) is 5.73 Å². The van der Waals surface area contributed by atoms with Gasteiger partial charge < -0.3 is 5.73 Å². The maximum absolute atomic E-state index is 13.6. The average Bonchev–Trinajstić information content (AvgIpc) is 3.22. The number of hydrogen-bond acceptors (Lipinski definition) is 4. The van der Waals surface area contributed by atoms with Crippen molar-refractivity contribution in [2.75, 3.05) is 25.4 Å². The van der Waals surface area contributed by atoms with Crippen LogP contribution in [-0.4, -0.2) is 39.0 Å². The molecule has 0 spiro atoms. The SMILES string of the molecule is CCN(CCNS(=O)(=O)c1cc(N)ccc1F)C1CC1. The Labute approximate surface area is 119 Å². The number of likely N-dealkylation sites (N-methyl/N-ethyl adjacent to an activating group) is 1. The number of nitrogen functional groups attached to an aromatic ring is 1. The fourth-order valence-corrected chi connectivity index (χ4v) is 3.30. The molecule has 1 aromatic carbocycles. The third-order valence-corrected chi connectivity index (χ3v) is 4.88. The highest BCUT2D eigenvalue weighted by molar-refractivity contribution is 7.89. The Morgan fingerprint density at radius 3 is 2.75 bits per heavy atom. The van der Waals surface area contributed by atoms with Crippen LogP contribution in [0, 0.1) is 5.82 Å². The van der Waals surface area contributed by atoms with Gasteiger partial charge in [-0.05, 0) is 37.6 Å². The molecule has 0 aliphatic heterocycles. The molecule has 20 heavy (non-hydrogen) atoms. The summed E-state index contributed by atoms with van der Waals surface area (Å²) in [5.74, 6) is -0.791. The van der Waals surface area contributed by atoms with Gasteiger partial charge in [0.2, 0.25) is 10.0 Å². The van der Waals surface area contributed by atoms with E-state index in [-0.39, 0.29) is 12.2 Å². The van der Waals surface area contributed by atoms with Crippen molar-refractivity contribution < 1.29 is 12.8 Å². The molecular weight excluding hydrogens is 281 g/mol. The third-order valence-electron chi connectivity index (χ3n) is 3.41. The summed E-state index contributed by atoms with van der Waals surface area (Å²) in [4.78, 5) is 1.82. The Bertz CT molecular complexity index is 573. The molecule has 0 heterocycles. The summed E-state index contributed by atoms with van der Waals surface area (Å²) < 4.78 is 40.1. The Balaban J connectivity index is 1.98. The van der Waals surface area contributed by atoms with Gasteiger partial charge in [0.15, 0.2) is 0 Å². The lowest BCUT2D eigenvalue weighted by Gasteiger charge is -2.19. The van der Waals surface area contributed by atoms with Gasteiger partial charge in [0, 0.05) is 24.8 Å². The van der Waals surface area contributed by atoms with E-state index in [1.54, 1.807) is 0 Å². The molecule has 1 aliphatic rings. The van der Waals surface area contributed by atoms with Gasteiger partial charge >= 0.3 is 0 Å². The zero-order valence-electron chi connectivity index (χ0n) is 11.5. The second kappa shape index (κ2) is 6.07. The molecule has 7 heteroatoms. The van der Waals surface area contributed by atoms with Crippen molar-refractivity contribution in [3.63, 3.8) is 0 Å². The van der Waals surface area contributed by atoms with Crippen molar-refractivity contribution in [2.24, 2.45) is 0 Å². The number of nitrogens with two attached hydrogens (primary N) is 1. The van der Waals surface area contributed by atoms with Gasteiger partial charge in [-0.15, -0.1) is 0 Å². The quantitative estimate of drug-likeness (QED) is 0.741. The second-order valence-corrected chi connectivity index (χ2v) is 6.68. The van der Waals surface area contributed by atoms with E-state index in [1.807, 2.05) is 6.92 Å². The third kappa shape index (κ3) is 3.68. The predicted molar refractivity (Wildman–Crippen MR) is 76.3 cm³/mol. The van der Waals surface area contributed by atoms with E-state index in [0.717, 1.165) is 18.7 Å². The summed E-state index contributed by atoms with van der Waals surface area (Å²) in [7, 11) is -3.85. The summed E-state index contributed by atoms with van der Waals surface area (Å²) >= 11 is 0. The number of anilines is 1. The van der Waals surface area contributed by atoms with Crippen molar-refractivity contribution >= 4 is 15.7 Å². The molecule has 2 rings (SSSR count). The minimum Gasteiger partial charge on any atom is -0.399 e. The molecular formula is C13H20FN3O2S. The number of sulfonamides is 1. The zero-order valence-corrected chi connectivity index (χ0v) is 12.3. The smallest absolute Gasteiger partial charge is 0.243 e. The van der Waals surface area contributed by atoms with Crippen LogP contribution in [0.2, 0.25) is 0 Å². The average molecular weight is 301 g/mol. The number of rotatable bonds is 7. The van der Waals surface area contributed by atoms with Gasteiger partial charge in [-0.25, -0.2) is 17.5 Å². The van der Waals surface area contributed by atoms with E-state index >= 15 is 0 Å². The molecule has 0 bridgehead atoms. The van der Waals surface area contributed by atoms with Gasteiger partial charge in [-0.3, -0.25) is 4.90 Å². The highest BCUT2D eigenvalue weighted by atomic mass is 32.2. The summed E-state index contributed by atoms with van der Waals surface area (Å²) in [6, 6.07) is 4.11. The number of hydrogen-bond donors (Lipinski definition) is 2. The fourth-order valence-electron chi connectivity index (χ4n) is 2.17. The number of nitrogens with one attached hydrogen (secondary N) is 1. The maximum Gasteiger partial charge on any atom is 0.243 e. The van der Waals surface area contributed by atoms with E-state index in [9.17, 15) is 12.8 Å². The van der Waals surface area contributed by atoms with Crippen molar-refractivity contribution in [1.82, 2.24) is 9.62 Å². The highest BCUT2D eigenvalue weighted by Gasteiger charge is 2.27. The minimum atomic E-state index is -3.85.